The molecule has 1 aliphatic heterocycles. The van der Waals surface area contributed by atoms with Crippen LogP contribution >= 0.6 is 0 Å². The number of non-ortho nitro benzene ring substituents is 1. The van der Waals surface area contributed by atoms with Crippen molar-refractivity contribution in [3.63, 3.8) is 0 Å². The number of hydrogen-bond acceptors (Lipinski definition) is 6. The van der Waals surface area contributed by atoms with Gasteiger partial charge in [-0.05, 0) is 17.7 Å². The highest BCUT2D eigenvalue weighted by Gasteiger charge is 2.39. The Hall–Kier alpha value is -3.62. The number of amides is 2. The van der Waals surface area contributed by atoms with E-state index in [2.05, 4.69) is 17.2 Å². The zero-order valence-electron chi connectivity index (χ0n) is 13.5. The lowest BCUT2D eigenvalue weighted by Crippen LogP contribution is -2.51. The van der Waals surface area contributed by atoms with Crippen LogP contribution in [-0.2, 0) is 16.1 Å². The molecule has 1 aromatic heterocycles. The molecule has 9 heteroatoms. The summed E-state index contributed by atoms with van der Waals surface area (Å²) in [4.78, 5) is 34.8. The fourth-order valence-electron chi connectivity index (χ4n) is 2.70. The molecule has 134 valence electrons. The average molecular weight is 357 g/mol. The van der Waals surface area contributed by atoms with Crippen LogP contribution in [0.3, 0.4) is 0 Å². The number of esters is 1. The van der Waals surface area contributed by atoms with Crippen LogP contribution in [0, 0.1) is 16.0 Å². The first kappa shape index (κ1) is 17.2. The van der Waals surface area contributed by atoms with E-state index in [9.17, 15) is 19.7 Å². The van der Waals surface area contributed by atoms with E-state index in [1.54, 1.807) is 18.2 Å². The zero-order valence-corrected chi connectivity index (χ0v) is 13.5. The Morgan fingerprint density at radius 1 is 1.35 bits per heavy atom. The van der Waals surface area contributed by atoms with Crippen LogP contribution in [0.5, 0.6) is 0 Å². The molecule has 2 N–H and O–H groups in total. The molecule has 0 radical (unpaired) electrons. The van der Waals surface area contributed by atoms with Crippen molar-refractivity contribution in [1.82, 2.24) is 10.6 Å². The van der Waals surface area contributed by atoms with Gasteiger partial charge in [0.1, 0.15) is 18.3 Å². The van der Waals surface area contributed by atoms with Crippen LogP contribution in [0.25, 0.3) is 0 Å². The maximum absolute atomic E-state index is 12.6. The number of nitrogens with one attached hydrogen (secondary N) is 2. The molecular formula is C17H15N3O6. The Kier molecular flexibility index (Phi) is 4.70. The summed E-state index contributed by atoms with van der Waals surface area (Å²) < 4.78 is 10.4. The SMILES string of the molecule is C=C1NC(=O)NC(c2cccc([N+](=O)[O-])c2)C1C(=O)OCc1ccco1. The number of benzene rings is 1. The number of ether oxygens (including phenoxy) is 1. The standard InChI is InChI=1S/C17H15N3O6/c1-10-14(16(21)26-9-13-6-3-7-25-13)15(19-17(22)18-10)11-4-2-5-12(8-11)20(23)24/h2-8,14-15H,1,9H2,(H2,18,19,22). The highest BCUT2D eigenvalue weighted by Crippen LogP contribution is 2.32. The van der Waals surface area contributed by atoms with Crippen LogP contribution in [0.15, 0.2) is 59.4 Å². The maximum atomic E-state index is 12.6. The summed E-state index contributed by atoms with van der Waals surface area (Å²) in [7, 11) is 0. The third-order valence-electron chi connectivity index (χ3n) is 3.90. The van der Waals surface area contributed by atoms with Crippen molar-refractivity contribution in [2.75, 3.05) is 0 Å². The molecule has 2 unspecified atom stereocenters. The molecule has 2 aromatic rings. The monoisotopic (exact) mass is 357 g/mol. The van der Waals surface area contributed by atoms with Crippen molar-refractivity contribution in [2.45, 2.75) is 12.6 Å². The van der Waals surface area contributed by atoms with Gasteiger partial charge < -0.3 is 19.8 Å². The van der Waals surface area contributed by atoms with Gasteiger partial charge in [-0.1, -0.05) is 18.7 Å². The predicted molar refractivity (Wildman–Crippen MR) is 88.6 cm³/mol. The van der Waals surface area contributed by atoms with Crippen LogP contribution in [-0.4, -0.2) is 16.9 Å². The molecule has 2 heterocycles. The summed E-state index contributed by atoms with van der Waals surface area (Å²) in [6.45, 7) is 3.64. The lowest BCUT2D eigenvalue weighted by atomic mass is 9.89. The van der Waals surface area contributed by atoms with E-state index >= 15 is 0 Å². The minimum Gasteiger partial charge on any atom is -0.466 e. The Morgan fingerprint density at radius 3 is 2.85 bits per heavy atom. The van der Waals surface area contributed by atoms with Gasteiger partial charge in [-0.25, -0.2) is 4.79 Å². The second-order valence-corrected chi connectivity index (χ2v) is 5.62. The molecule has 0 spiro atoms. The van der Waals surface area contributed by atoms with Crippen LogP contribution in [0.1, 0.15) is 17.4 Å². The van der Waals surface area contributed by atoms with Crippen molar-refractivity contribution in [3.05, 3.63) is 76.4 Å². The van der Waals surface area contributed by atoms with E-state index in [1.165, 1.54) is 24.5 Å². The van der Waals surface area contributed by atoms with E-state index in [4.69, 9.17) is 9.15 Å². The van der Waals surface area contributed by atoms with Crippen molar-refractivity contribution in [2.24, 2.45) is 5.92 Å². The van der Waals surface area contributed by atoms with E-state index < -0.39 is 28.9 Å². The van der Waals surface area contributed by atoms with Crippen molar-refractivity contribution in [3.8, 4) is 0 Å². The van der Waals surface area contributed by atoms with Gasteiger partial charge in [0.05, 0.1) is 17.2 Å². The minimum absolute atomic E-state index is 0.0782. The summed E-state index contributed by atoms with van der Waals surface area (Å²) in [5.74, 6) is -1.14. The first-order chi connectivity index (χ1) is 12.5. The molecule has 1 saturated heterocycles. The van der Waals surface area contributed by atoms with Gasteiger partial charge in [-0.3, -0.25) is 14.9 Å². The van der Waals surface area contributed by atoms with E-state index in [0.29, 0.717) is 11.3 Å². The molecule has 9 nitrogen and oxygen atoms in total. The van der Waals surface area contributed by atoms with Gasteiger partial charge in [0.25, 0.3) is 5.69 Å². The van der Waals surface area contributed by atoms with E-state index in [-0.39, 0.29) is 18.0 Å². The number of urea groups is 1. The van der Waals surface area contributed by atoms with Gasteiger partial charge in [0.15, 0.2) is 0 Å². The number of rotatable bonds is 5. The summed E-state index contributed by atoms with van der Waals surface area (Å²) in [5, 5.41) is 16.0. The largest absolute Gasteiger partial charge is 0.466 e. The number of carbonyl (C=O) groups excluding carboxylic acids is 2. The first-order valence-corrected chi connectivity index (χ1v) is 7.65. The maximum Gasteiger partial charge on any atom is 0.319 e. The van der Waals surface area contributed by atoms with Gasteiger partial charge in [0, 0.05) is 17.8 Å². The topological polar surface area (TPSA) is 124 Å². The second kappa shape index (κ2) is 7.09. The number of nitrogens with zero attached hydrogens (tertiary/aromatic N) is 1. The lowest BCUT2D eigenvalue weighted by molar-refractivity contribution is -0.384. The third kappa shape index (κ3) is 3.56. The molecule has 1 aliphatic rings. The van der Waals surface area contributed by atoms with E-state index in [0.717, 1.165) is 0 Å². The average Bonchev–Trinajstić information content (AvgIpc) is 3.12. The number of carbonyl (C=O) groups is 2. The zero-order chi connectivity index (χ0) is 18.7. The quantitative estimate of drug-likeness (QED) is 0.481. The van der Waals surface area contributed by atoms with Crippen molar-refractivity contribution in [1.29, 1.82) is 0 Å². The predicted octanol–water partition coefficient (Wildman–Crippen LogP) is 2.42. The first-order valence-electron chi connectivity index (χ1n) is 7.65. The normalized spacial score (nSPS) is 19.4. The highest BCUT2D eigenvalue weighted by atomic mass is 16.6. The van der Waals surface area contributed by atoms with Gasteiger partial charge in [-0.15, -0.1) is 0 Å². The summed E-state index contributed by atoms with van der Waals surface area (Å²) in [6, 6.07) is 7.61. The molecule has 0 saturated carbocycles. The summed E-state index contributed by atoms with van der Waals surface area (Å²) in [6.07, 6.45) is 1.45. The number of hydrogen-bond donors (Lipinski definition) is 2. The molecule has 26 heavy (non-hydrogen) atoms. The Bertz CT molecular complexity index is 861. The Balaban J connectivity index is 1.85. The number of nitro groups is 1. The third-order valence-corrected chi connectivity index (χ3v) is 3.90. The summed E-state index contributed by atoms with van der Waals surface area (Å²) in [5.41, 5.74) is 0.397. The van der Waals surface area contributed by atoms with Crippen LogP contribution < -0.4 is 10.6 Å². The molecule has 1 fully saturated rings. The minimum atomic E-state index is -0.954. The second-order valence-electron chi connectivity index (χ2n) is 5.62. The molecular weight excluding hydrogens is 342 g/mol. The van der Waals surface area contributed by atoms with Crippen molar-refractivity contribution < 1.29 is 23.7 Å². The fourth-order valence-corrected chi connectivity index (χ4v) is 2.70. The number of nitro benzene ring substituents is 1. The van der Waals surface area contributed by atoms with Crippen LogP contribution in [0.2, 0.25) is 0 Å². The number of furan rings is 1. The molecule has 3 rings (SSSR count). The Morgan fingerprint density at radius 2 is 2.15 bits per heavy atom. The van der Waals surface area contributed by atoms with Gasteiger partial charge in [0.2, 0.25) is 0 Å². The van der Waals surface area contributed by atoms with Crippen molar-refractivity contribution >= 4 is 17.7 Å². The smallest absolute Gasteiger partial charge is 0.319 e. The van der Waals surface area contributed by atoms with Gasteiger partial charge in [-0.2, -0.15) is 0 Å². The van der Waals surface area contributed by atoms with E-state index in [1.807, 2.05) is 0 Å². The highest BCUT2D eigenvalue weighted by molar-refractivity contribution is 5.85. The molecule has 0 bridgehead atoms. The molecule has 2 amide bonds. The lowest BCUT2D eigenvalue weighted by Gasteiger charge is -2.33. The molecule has 0 aliphatic carbocycles. The summed E-state index contributed by atoms with van der Waals surface area (Å²) >= 11 is 0. The Labute approximate surface area is 147 Å². The van der Waals surface area contributed by atoms with Gasteiger partial charge >= 0.3 is 12.0 Å². The molecule has 2 atom stereocenters. The fraction of sp³-hybridized carbons (Fsp3) is 0.176. The molecule has 1 aromatic carbocycles. The van der Waals surface area contributed by atoms with Crippen LogP contribution in [0.4, 0.5) is 10.5 Å².